The van der Waals surface area contributed by atoms with Gasteiger partial charge in [-0.2, -0.15) is 15.3 Å². The van der Waals surface area contributed by atoms with Crippen molar-refractivity contribution in [2.75, 3.05) is 5.32 Å². The average Bonchev–Trinajstić information content (AvgIpc) is 3.34. The van der Waals surface area contributed by atoms with Gasteiger partial charge in [-0.3, -0.25) is 14.2 Å². The number of fused-ring (bicyclic) bond motifs is 1. The Kier molecular flexibility index (Phi) is 3.98. The van der Waals surface area contributed by atoms with Crippen LogP contribution in [0.1, 0.15) is 28.8 Å². The molecular weight excluding hydrogens is 344 g/mol. The van der Waals surface area contributed by atoms with Crippen molar-refractivity contribution in [1.82, 2.24) is 34.2 Å². The van der Waals surface area contributed by atoms with E-state index in [1.165, 1.54) is 0 Å². The van der Waals surface area contributed by atoms with E-state index in [1.807, 2.05) is 38.6 Å². The Morgan fingerprint density at radius 2 is 2.00 bits per heavy atom. The number of hydrogen-bond donors (Lipinski definition) is 1. The molecule has 0 radical (unpaired) electrons. The van der Waals surface area contributed by atoms with Crippen LogP contribution in [-0.2, 0) is 13.6 Å². The van der Waals surface area contributed by atoms with Crippen molar-refractivity contribution < 1.29 is 4.79 Å². The minimum atomic E-state index is -0.298. The Morgan fingerprint density at radius 1 is 1.19 bits per heavy atom. The Bertz CT molecular complexity index is 1150. The smallest absolute Gasteiger partial charge is 0.276 e. The first-order chi connectivity index (χ1) is 13.0. The van der Waals surface area contributed by atoms with Gasteiger partial charge >= 0.3 is 0 Å². The molecule has 0 aliphatic heterocycles. The molecule has 4 aromatic rings. The summed E-state index contributed by atoms with van der Waals surface area (Å²) in [6, 6.07) is 3.53. The molecule has 0 saturated carbocycles. The third-order valence-corrected chi connectivity index (χ3v) is 4.75. The molecule has 0 aromatic carbocycles. The lowest BCUT2D eigenvalue weighted by molar-refractivity contribution is 0.102. The number of hydrogen-bond acceptors (Lipinski definition) is 5. The summed E-state index contributed by atoms with van der Waals surface area (Å²) in [6.45, 7) is 6.65. The minimum absolute atomic E-state index is 0.292. The van der Waals surface area contributed by atoms with Crippen molar-refractivity contribution in [2.24, 2.45) is 7.05 Å². The van der Waals surface area contributed by atoms with E-state index in [-0.39, 0.29) is 5.91 Å². The largest absolute Gasteiger partial charge is 0.318 e. The van der Waals surface area contributed by atoms with Gasteiger partial charge in [0.15, 0.2) is 11.3 Å². The van der Waals surface area contributed by atoms with Gasteiger partial charge in [0.2, 0.25) is 0 Å². The Hall–Kier alpha value is -3.49. The topological polar surface area (TPSA) is 94.9 Å². The SMILES string of the molecule is CCn1ncc(NC(=O)c2cc3nccc(-c4cnn(C)c4C)n3n2)c1C. The summed E-state index contributed by atoms with van der Waals surface area (Å²) in [4.78, 5) is 17.0. The van der Waals surface area contributed by atoms with Crippen molar-refractivity contribution in [2.45, 2.75) is 27.3 Å². The van der Waals surface area contributed by atoms with Gasteiger partial charge in [-0.25, -0.2) is 9.50 Å². The fraction of sp³-hybridized carbons (Fsp3) is 0.278. The first kappa shape index (κ1) is 17.0. The molecule has 0 atom stereocenters. The van der Waals surface area contributed by atoms with E-state index in [2.05, 4.69) is 25.6 Å². The summed E-state index contributed by atoms with van der Waals surface area (Å²) in [5, 5.41) is 15.9. The van der Waals surface area contributed by atoms with Gasteiger partial charge in [0.1, 0.15) is 0 Å². The molecule has 0 aliphatic rings. The quantitative estimate of drug-likeness (QED) is 0.599. The van der Waals surface area contributed by atoms with Gasteiger partial charge in [-0.1, -0.05) is 0 Å². The van der Waals surface area contributed by atoms with Crippen molar-refractivity contribution in [3.63, 3.8) is 0 Å². The van der Waals surface area contributed by atoms with Crippen LogP contribution in [0.5, 0.6) is 0 Å². The van der Waals surface area contributed by atoms with Gasteiger partial charge in [0.05, 0.1) is 29.5 Å². The second-order valence-corrected chi connectivity index (χ2v) is 6.31. The number of nitrogens with one attached hydrogen (secondary N) is 1. The first-order valence-electron chi connectivity index (χ1n) is 8.67. The summed E-state index contributed by atoms with van der Waals surface area (Å²) in [5.41, 5.74) is 5.25. The molecule has 9 heteroatoms. The van der Waals surface area contributed by atoms with Gasteiger partial charge in [-0.15, -0.1) is 0 Å². The molecule has 138 valence electrons. The van der Waals surface area contributed by atoms with Crippen LogP contribution in [0.3, 0.4) is 0 Å². The molecule has 27 heavy (non-hydrogen) atoms. The normalized spacial score (nSPS) is 11.3. The predicted molar refractivity (Wildman–Crippen MR) is 101 cm³/mol. The van der Waals surface area contributed by atoms with Crippen LogP contribution < -0.4 is 5.32 Å². The number of rotatable bonds is 4. The fourth-order valence-corrected chi connectivity index (χ4v) is 3.03. The van der Waals surface area contributed by atoms with Gasteiger partial charge in [0, 0.05) is 37.1 Å². The number of anilines is 1. The number of carbonyl (C=O) groups excluding carboxylic acids is 1. The van der Waals surface area contributed by atoms with Crippen LogP contribution >= 0.6 is 0 Å². The van der Waals surface area contributed by atoms with Crippen molar-refractivity contribution in [3.8, 4) is 11.3 Å². The number of amides is 1. The van der Waals surface area contributed by atoms with Crippen molar-refractivity contribution in [1.29, 1.82) is 0 Å². The maximum atomic E-state index is 12.7. The van der Waals surface area contributed by atoms with Crippen LogP contribution in [0.4, 0.5) is 5.69 Å². The summed E-state index contributed by atoms with van der Waals surface area (Å²) in [6.07, 6.45) is 5.14. The maximum absolute atomic E-state index is 12.7. The Labute approximate surface area is 155 Å². The Morgan fingerprint density at radius 3 is 2.67 bits per heavy atom. The van der Waals surface area contributed by atoms with E-state index in [4.69, 9.17) is 0 Å². The number of aromatic nitrogens is 7. The molecule has 4 rings (SSSR count). The van der Waals surface area contributed by atoms with Crippen molar-refractivity contribution in [3.05, 3.63) is 47.8 Å². The average molecular weight is 364 g/mol. The molecule has 1 amide bonds. The molecule has 4 heterocycles. The number of carbonyl (C=O) groups is 1. The number of aryl methyl sites for hydroxylation is 2. The molecule has 0 saturated heterocycles. The third-order valence-electron chi connectivity index (χ3n) is 4.75. The zero-order chi connectivity index (χ0) is 19.1. The van der Waals surface area contributed by atoms with E-state index in [1.54, 1.807) is 33.9 Å². The monoisotopic (exact) mass is 364 g/mol. The highest BCUT2D eigenvalue weighted by molar-refractivity contribution is 6.03. The lowest BCUT2D eigenvalue weighted by Gasteiger charge is -2.04. The van der Waals surface area contributed by atoms with Gasteiger partial charge in [-0.05, 0) is 26.8 Å². The van der Waals surface area contributed by atoms with Crippen molar-refractivity contribution >= 4 is 17.2 Å². The van der Waals surface area contributed by atoms with Crippen LogP contribution in [-0.4, -0.2) is 40.1 Å². The molecule has 0 aliphatic carbocycles. The summed E-state index contributed by atoms with van der Waals surface area (Å²) in [7, 11) is 1.89. The maximum Gasteiger partial charge on any atom is 0.276 e. The third kappa shape index (κ3) is 2.77. The fourth-order valence-electron chi connectivity index (χ4n) is 3.03. The molecular formula is C18H20N8O. The standard InChI is InChI=1S/C18H20N8O/c1-5-25-12(3)15(10-21-25)22-18(27)14-8-17-19-7-6-16(26(17)23-14)13-9-20-24(4)11(13)2/h6-10H,5H2,1-4H3,(H,22,27). The lowest BCUT2D eigenvalue weighted by atomic mass is 10.2. The van der Waals surface area contributed by atoms with E-state index in [0.29, 0.717) is 17.0 Å². The van der Waals surface area contributed by atoms with Crippen LogP contribution in [0.15, 0.2) is 30.7 Å². The highest BCUT2D eigenvalue weighted by Gasteiger charge is 2.17. The van der Waals surface area contributed by atoms with Crippen LogP contribution in [0.25, 0.3) is 16.9 Å². The zero-order valence-corrected chi connectivity index (χ0v) is 15.6. The second-order valence-electron chi connectivity index (χ2n) is 6.31. The predicted octanol–water partition coefficient (Wildman–Crippen LogP) is 2.22. The number of nitrogens with zero attached hydrogens (tertiary/aromatic N) is 7. The highest BCUT2D eigenvalue weighted by atomic mass is 16.2. The van der Waals surface area contributed by atoms with Gasteiger partial charge in [0.25, 0.3) is 5.91 Å². The summed E-state index contributed by atoms with van der Waals surface area (Å²) in [5.74, 6) is -0.298. The Balaban J connectivity index is 1.71. The highest BCUT2D eigenvalue weighted by Crippen LogP contribution is 2.23. The van der Waals surface area contributed by atoms with E-state index >= 15 is 0 Å². The summed E-state index contributed by atoms with van der Waals surface area (Å²) < 4.78 is 5.29. The minimum Gasteiger partial charge on any atom is -0.318 e. The van der Waals surface area contributed by atoms with Crippen LogP contribution in [0.2, 0.25) is 0 Å². The van der Waals surface area contributed by atoms with Gasteiger partial charge < -0.3 is 5.32 Å². The van der Waals surface area contributed by atoms with E-state index < -0.39 is 0 Å². The first-order valence-corrected chi connectivity index (χ1v) is 8.67. The zero-order valence-electron chi connectivity index (χ0n) is 15.6. The molecule has 0 unspecified atom stereocenters. The molecule has 0 bridgehead atoms. The molecule has 0 spiro atoms. The second kappa shape index (κ2) is 6.35. The molecule has 9 nitrogen and oxygen atoms in total. The lowest BCUT2D eigenvalue weighted by Crippen LogP contribution is -2.13. The molecule has 0 fully saturated rings. The van der Waals surface area contributed by atoms with E-state index in [0.717, 1.165) is 29.2 Å². The summed E-state index contributed by atoms with van der Waals surface area (Å²) >= 11 is 0. The molecule has 1 N–H and O–H groups in total. The van der Waals surface area contributed by atoms with Crippen LogP contribution in [0, 0.1) is 13.8 Å². The molecule has 4 aromatic heterocycles. The van der Waals surface area contributed by atoms with E-state index in [9.17, 15) is 4.79 Å².